The Bertz CT molecular complexity index is 871. The van der Waals surface area contributed by atoms with Crippen LogP contribution in [0.5, 0.6) is 5.75 Å². The van der Waals surface area contributed by atoms with Crippen molar-refractivity contribution < 1.29 is 14.3 Å². The fourth-order valence-corrected chi connectivity index (χ4v) is 3.20. The number of halogens is 2. The maximum absolute atomic E-state index is 12.9. The number of likely N-dealkylation sites (N-methyl/N-ethyl adjacent to an activating group) is 1. The van der Waals surface area contributed by atoms with E-state index in [9.17, 15) is 9.59 Å². The molecular weight excluding hydrogens is 399 g/mol. The largest absolute Gasteiger partial charge is 0.483 e. The summed E-state index contributed by atoms with van der Waals surface area (Å²) in [5, 5.41) is 3.51. The van der Waals surface area contributed by atoms with Crippen LogP contribution in [0.3, 0.4) is 0 Å². The molecule has 2 rings (SSSR count). The number of ether oxygens (including phenoxy) is 1. The fourth-order valence-electron chi connectivity index (χ4n) is 2.73. The smallest absolute Gasteiger partial charge is 0.261 e. The Kier molecular flexibility index (Phi) is 7.72. The normalized spacial score (nSPS) is 11.6. The molecule has 0 aromatic heterocycles. The number of hydrogen-bond donors (Lipinski definition) is 1. The molecule has 0 radical (unpaired) electrons. The number of carbonyl (C=O) groups excluding carboxylic acids is 2. The van der Waals surface area contributed by atoms with E-state index in [0.29, 0.717) is 21.4 Å². The zero-order valence-corrected chi connectivity index (χ0v) is 17.9. The van der Waals surface area contributed by atoms with Gasteiger partial charge in [0.2, 0.25) is 5.91 Å². The van der Waals surface area contributed by atoms with E-state index in [-0.39, 0.29) is 25.0 Å². The Morgan fingerprint density at radius 1 is 1.18 bits per heavy atom. The van der Waals surface area contributed by atoms with Gasteiger partial charge in [0.25, 0.3) is 5.91 Å². The van der Waals surface area contributed by atoms with Gasteiger partial charge in [0.15, 0.2) is 6.61 Å². The molecule has 1 atom stereocenters. The van der Waals surface area contributed by atoms with Gasteiger partial charge in [-0.2, -0.15) is 0 Å². The standard InChI is InChI=1S/C21H24Cl2N2O3/c1-13-6-5-7-19(14(13)2)28-12-20(26)25(15(3)21(27)24-4)11-16-8-9-17(22)10-18(16)23/h5-10,15H,11-12H2,1-4H3,(H,24,27). The third-order valence-electron chi connectivity index (χ3n) is 4.68. The van der Waals surface area contributed by atoms with Gasteiger partial charge in [-0.15, -0.1) is 0 Å². The van der Waals surface area contributed by atoms with E-state index in [2.05, 4.69) is 5.32 Å². The molecule has 7 heteroatoms. The lowest BCUT2D eigenvalue weighted by atomic mass is 10.1. The monoisotopic (exact) mass is 422 g/mol. The Morgan fingerprint density at radius 3 is 2.54 bits per heavy atom. The topological polar surface area (TPSA) is 58.6 Å². The van der Waals surface area contributed by atoms with Crippen molar-refractivity contribution in [2.24, 2.45) is 0 Å². The molecule has 2 amide bonds. The first-order valence-electron chi connectivity index (χ1n) is 8.88. The summed E-state index contributed by atoms with van der Waals surface area (Å²) in [6.45, 7) is 5.56. The van der Waals surface area contributed by atoms with Crippen LogP contribution >= 0.6 is 23.2 Å². The molecule has 0 saturated carbocycles. The van der Waals surface area contributed by atoms with Crippen LogP contribution in [0.4, 0.5) is 0 Å². The molecular formula is C21H24Cl2N2O3. The zero-order valence-electron chi connectivity index (χ0n) is 16.4. The number of nitrogens with one attached hydrogen (secondary N) is 1. The van der Waals surface area contributed by atoms with E-state index < -0.39 is 6.04 Å². The maximum atomic E-state index is 12.9. The molecule has 1 unspecified atom stereocenters. The van der Waals surface area contributed by atoms with Crippen LogP contribution in [-0.2, 0) is 16.1 Å². The number of aryl methyl sites for hydroxylation is 1. The summed E-state index contributed by atoms with van der Waals surface area (Å²) in [4.78, 5) is 26.5. The summed E-state index contributed by atoms with van der Waals surface area (Å²) in [6, 6.07) is 10.0. The van der Waals surface area contributed by atoms with Gasteiger partial charge in [0.05, 0.1) is 0 Å². The van der Waals surface area contributed by atoms with Gasteiger partial charge in [0, 0.05) is 23.6 Å². The van der Waals surface area contributed by atoms with Crippen LogP contribution in [0, 0.1) is 13.8 Å². The Labute approximate surface area is 175 Å². The highest BCUT2D eigenvalue weighted by molar-refractivity contribution is 6.35. The molecule has 0 bridgehead atoms. The number of nitrogens with zero attached hydrogens (tertiary/aromatic N) is 1. The van der Waals surface area contributed by atoms with Crippen molar-refractivity contribution in [3.8, 4) is 5.75 Å². The van der Waals surface area contributed by atoms with Gasteiger partial charge in [-0.25, -0.2) is 0 Å². The number of benzene rings is 2. The molecule has 0 heterocycles. The van der Waals surface area contributed by atoms with Crippen molar-refractivity contribution in [3.05, 3.63) is 63.1 Å². The second kappa shape index (κ2) is 9.80. The molecule has 28 heavy (non-hydrogen) atoms. The van der Waals surface area contributed by atoms with Crippen LogP contribution in [-0.4, -0.2) is 36.4 Å². The molecule has 0 aliphatic carbocycles. The molecule has 0 saturated heterocycles. The quantitative estimate of drug-likeness (QED) is 0.728. The summed E-state index contributed by atoms with van der Waals surface area (Å²) in [5.74, 6) is 0.0543. The highest BCUT2D eigenvalue weighted by Crippen LogP contribution is 2.24. The number of hydrogen-bond acceptors (Lipinski definition) is 3. The van der Waals surface area contributed by atoms with E-state index >= 15 is 0 Å². The molecule has 0 fully saturated rings. The first-order chi connectivity index (χ1) is 13.2. The minimum atomic E-state index is -0.688. The maximum Gasteiger partial charge on any atom is 0.261 e. The molecule has 0 aliphatic heterocycles. The highest BCUT2D eigenvalue weighted by Gasteiger charge is 2.26. The van der Waals surface area contributed by atoms with E-state index in [0.717, 1.165) is 11.1 Å². The summed E-state index contributed by atoms with van der Waals surface area (Å²) in [6.07, 6.45) is 0. The van der Waals surface area contributed by atoms with Gasteiger partial charge < -0.3 is 15.0 Å². The lowest BCUT2D eigenvalue weighted by Crippen LogP contribution is -2.48. The minimum absolute atomic E-state index is 0.166. The van der Waals surface area contributed by atoms with Crippen molar-refractivity contribution >= 4 is 35.0 Å². The van der Waals surface area contributed by atoms with Crippen LogP contribution in [0.25, 0.3) is 0 Å². The van der Waals surface area contributed by atoms with Crippen molar-refractivity contribution in [1.82, 2.24) is 10.2 Å². The molecule has 0 spiro atoms. The van der Waals surface area contributed by atoms with Gasteiger partial charge in [-0.1, -0.05) is 41.4 Å². The Morgan fingerprint density at radius 2 is 1.89 bits per heavy atom. The van der Waals surface area contributed by atoms with E-state index in [1.807, 2.05) is 32.0 Å². The molecule has 150 valence electrons. The first-order valence-corrected chi connectivity index (χ1v) is 9.64. The lowest BCUT2D eigenvalue weighted by Gasteiger charge is -2.28. The third kappa shape index (κ3) is 5.40. The summed E-state index contributed by atoms with van der Waals surface area (Å²) >= 11 is 12.2. The van der Waals surface area contributed by atoms with Gasteiger partial charge >= 0.3 is 0 Å². The Balaban J connectivity index is 2.21. The van der Waals surface area contributed by atoms with Crippen LogP contribution in [0.1, 0.15) is 23.6 Å². The average Bonchev–Trinajstić information content (AvgIpc) is 2.67. The van der Waals surface area contributed by atoms with E-state index in [1.54, 1.807) is 25.1 Å². The van der Waals surface area contributed by atoms with Crippen LogP contribution < -0.4 is 10.1 Å². The van der Waals surface area contributed by atoms with E-state index in [4.69, 9.17) is 27.9 Å². The molecule has 0 aliphatic rings. The lowest BCUT2D eigenvalue weighted by molar-refractivity contribution is -0.142. The number of rotatable bonds is 7. The fraction of sp³-hybridized carbons (Fsp3) is 0.333. The predicted molar refractivity (Wildman–Crippen MR) is 112 cm³/mol. The Hall–Kier alpha value is -2.24. The third-order valence-corrected chi connectivity index (χ3v) is 5.26. The number of carbonyl (C=O) groups is 2. The molecule has 5 nitrogen and oxygen atoms in total. The highest BCUT2D eigenvalue weighted by atomic mass is 35.5. The number of amides is 2. The summed E-state index contributed by atoms with van der Waals surface area (Å²) < 4.78 is 5.73. The van der Waals surface area contributed by atoms with Crippen LogP contribution in [0.2, 0.25) is 10.0 Å². The van der Waals surface area contributed by atoms with Gasteiger partial charge in [-0.05, 0) is 55.7 Å². The van der Waals surface area contributed by atoms with Gasteiger partial charge in [-0.3, -0.25) is 9.59 Å². The van der Waals surface area contributed by atoms with Crippen molar-refractivity contribution in [2.75, 3.05) is 13.7 Å². The molecule has 2 aromatic carbocycles. The van der Waals surface area contributed by atoms with Gasteiger partial charge in [0.1, 0.15) is 11.8 Å². The zero-order chi connectivity index (χ0) is 20.8. The van der Waals surface area contributed by atoms with Crippen LogP contribution in [0.15, 0.2) is 36.4 Å². The first kappa shape index (κ1) is 22.1. The van der Waals surface area contributed by atoms with Crippen molar-refractivity contribution in [1.29, 1.82) is 0 Å². The summed E-state index contributed by atoms with van der Waals surface area (Å²) in [5.41, 5.74) is 2.75. The minimum Gasteiger partial charge on any atom is -0.483 e. The van der Waals surface area contributed by atoms with Crippen molar-refractivity contribution in [3.63, 3.8) is 0 Å². The average molecular weight is 423 g/mol. The predicted octanol–water partition coefficient (Wildman–Crippen LogP) is 4.15. The van der Waals surface area contributed by atoms with E-state index in [1.165, 1.54) is 11.9 Å². The molecule has 1 N–H and O–H groups in total. The molecule has 2 aromatic rings. The SMILES string of the molecule is CNC(=O)C(C)N(Cc1ccc(Cl)cc1Cl)C(=O)COc1cccc(C)c1C. The second-order valence-corrected chi connectivity index (χ2v) is 7.38. The summed E-state index contributed by atoms with van der Waals surface area (Å²) in [7, 11) is 1.53. The second-order valence-electron chi connectivity index (χ2n) is 6.53. The van der Waals surface area contributed by atoms with Crippen molar-refractivity contribution in [2.45, 2.75) is 33.4 Å².